The molecule has 0 amide bonds. The standard InChI is InChI=1S/C21H17ClN2O3/c1-25-15-5-2-4-13(10-15)21-24-18(12-17(23-24)20-6-3-9-26-20)16-11-14(22)7-8-19(16)27-21/h2-11,18,21H,12H2,1H3/t18-,21+/m1/s1. The van der Waals surface area contributed by atoms with Crippen LogP contribution in [0, 0.1) is 0 Å². The molecule has 27 heavy (non-hydrogen) atoms. The highest BCUT2D eigenvalue weighted by molar-refractivity contribution is 6.30. The van der Waals surface area contributed by atoms with Gasteiger partial charge in [0.05, 0.1) is 19.4 Å². The van der Waals surface area contributed by atoms with Crippen molar-refractivity contribution in [1.29, 1.82) is 0 Å². The number of ether oxygens (including phenoxy) is 2. The minimum Gasteiger partial charge on any atom is -0.497 e. The van der Waals surface area contributed by atoms with Gasteiger partial charge in [-0.05, 0) is 42.5 Å². The number of nitrogens with zero attached hydrogens (tertiary/aromatic N) is 2. The summed E-state index contributed by atoms with van der Waals surface area (Å²) in [6.45, 7) is 0. The minimum atomic E-state index is -0.355. The van der Waals surface area contributed by atoms with Crippen LogP contribution in [-0.2, 0) is 0 Å². The number of hydrazone groups is 1. The van der Waals surface area contributed by atoms with Crippen molar-refractivity contribution in [3.05, 3.63) is 82.8 Å². The first kappa shape index (κ1) is 16.3. The van der Waals surface area contributed by atoms with Crippen LogP contribution in [0.15, 0.2) is 70.4 Å². The van der Waals surface area contributed by atoms with Gasteiger partial charge in [-0.3, -0.25) is 0 Å². The van der Waals surface area contributed by atoms with Gasteiger partial charge in [0.1, 0.15) is 23.0 Å². The van der Waals surface area contributed by atoms with Crippen LogP contribution in [0.3, 0.4) is 0 Å². The predicted molar refractivity (Wildman–Crippen MR) is 102 cm³/mol. The highest BCUT2D eigenvalue weighted by Gasteiger charge is 2.41. The Morgan fingerprint density at radius 3 is 2.89 bits per heavy atom. The summed E-state index contributed by atoms with van der Waals surface area (Å²) in [5.74, 6) is 2.38. The lowest BCUT2D eigenvalue weighted by atomic mass is 9.97. The monoisotopic (exact) mass is 380 g/mol. The maximum absolute atomic E-state index is 6.33. The van der Waals surface area contributed by atoms with Crippen LogP contribution in [0.2, 0.25) is 5.02 Å². The summed E-state index contributed by atoms with van der Waals surface area (Å²) in [4.78, 5) is 0. The molecule has 5 nitrogen and oxygen atoms in total. The average Bonchev–Trinajstić information content (AvgIpc) is 3.37. The summed E-state index contributed by atoms with van der Waals surface area (Å²) >= 11 is 6.25. The zero-order valence-corrected chi connectivity index (χ0v) is 15.4. The summed E-state index contributed by atoms with van der Waals surface area (Å²) in [6.07, 6.45) is 2.03. The molecular weight excluding hydrogens is 364 g/mol. The van der Waals surface area contributed by atoms with E-state index in [1.54, 1.807) is 13.4 Å². The van der Waals surface area contributed by atoms with Crippen molar-refractivity contribution in [1.82, 2.24) is 5.01 Å². The molecule has 3 aromatic rings. The number of hydrogen-bond acceptors (Lipinski definition) is 5. The molecule has 3 heterocycles. The fraction of sp³-hybridized carbons (Fsp3) is 0.190. The predicted octanol–water partition coefficient (Wildman–Crippen LogP) is 5.18. The van der Waals surface area contributed by atoms with Crippen LogP contribution in [0.25, 0.3) is 0 Å². The van der Waals surface area contributed by atoms with Crippen molar-refractivity contribution in [2.75, 3.05) is 7.11 Å². The van der Waals surface area contributed by atoms with E-state index in [0.717, 1.165) is 40.5 Å². The third-order valence-corrected chi connectivity index (χ3v) is 5.17. The number of halogens is 1. The number of methoxy groups -OCH3 is 1. The van der Waals surface area contributed by atoms with Gasteiger partial charge >= 0.3 is 0 Å². The van der Waals surface area contributed by atoms with Gasteiger partial charge in [0, 0.05) is 22.6 Å². The van der Waals surface area contributed by atoms with E-state index in [0.29, 0.717) is 5.02 Å². The number of benzene rings is 2. The third kappa shape index (κ3) is 2.75. The van der Waals surface area contributed by atoms with Gasteiger partial charge in [-0.15, -0.1) is 0 Å². The van der Waals surface area contributed by atoms with Crippen molar-refractivity contribution in [3.8, 4) is 11.5 Å². The van der Waals surface area contributed by atoms with Crippen LogP contribution < -0.4 is 9.47 Å². The van der Waals surface area contributed by atoms with Gasteiger partial charge in [0.15, 0.2) is 0 Å². The molecule has 0 aliphatic carbocycles. The molecule has 0 fully saturated rings. The van der Waals surface area contributed by atoms with Gasteiger partial charge in [-0.1, -0.05) is 23.7 Å². The molecule has 0 N–H and O–H groups in total. The summed E-state index contributed by atoms with van der Waals surface area (Å²) in [6, 6.07) is 17.4. The Morgan fingerprint density at radius 1 is 1.15 bits per heavy atom. The Kier molecular flexibility index (Phi) is 3.83. The summed E-state index contributed by atoms with van der Waals surface area (Å²) in [5, 5.41) is 7.52. The number of hydrogen-bond donors (Lipinski definition) is 0. The molecule has 1 aromatic heterocycles. The Bertz CT molecular complexity index is 1020. The lowest BCUT2D eigenvalue weighted by Gasteiger charge is -2.38. The van der Waals surface area contributed by atoms with Crippen LogP contribution in [0.5, 0.6) is 11.5 Å². The molecule has 6 heteroatoms. The van der Waals surface area contributed by atoms with E-state index in [1.165, 1.54) is 0 Å². The summed E-state index contributed by atoms with van der Waals surface area (Å²) < 4.78 is 17.3. The molecule has 0 bridgehead atoms. The molecule has 136 valence electrons. The van der Waals surface area contributed by atoms with E-state index < -0.39 is 0 Å². The van der Waals surface area contributed by atoms with Gasteiger partial charge < -0.3 is 13.9 Å². The molecule has 0 spiro atoms. The van der Waals surface area contributed by atoms with Crippen molar-refractivity contribution >= 4 is 17.3 Å². The number of fused-ring (bicyclic) bond motifs is 3. The lowest BCUT2D eigenvalue weighted by Crippen LogP contribution is -2.33. The Morgan fingerprint density at radius 2 is 2.07 bits per heavy atom. The quantitative estimate of drug-likeness (QED) is 0.627. The second kappa shape index (κ2) is 6.35. The molecule has 2 aliphatic heterocycles. The van der Waals surface area contributed by atoms with Crippen molar-refractivity contribution in [2.45, 2.75) is 18.7 Å². The molecule has 5 rings (SSSR count). The fourth-order valence-electron chi connectivity index (χ4n) is 3.66. The highest BCUT2D eigenvalue weighted by atomic mass is 35.5. The summed E-state index contributed by atoms with van der Waals surface area (Å²) in [7, 11) is 1.66. The first-order valence-electron chi connectivity index (χ1n) is 8.72. The van der Waals surface area contributed by atoms with E-state index in [2.05, 4.69) is 0 Å². The molecule has 2 aliphatic rings. The Balaban J connectivity index is 1.61. The minimum absolute atomic E-state index is 0.0313. The maximum atomic E-state index is 6.33. The first-order chi connectivity index (χ1) is 13.2. The molecule has 0 saturated carbocycles. The number of rotatable bonds is 3. The van der Waals surface area contributed by atoms with Crippen molar-refractivity contribution in [2.24, 2.45) is 5.10 Å². The van der Waals surface area contributed by atoms with Gasteiger partial charge in [0.25, 0.3) is 0 Å². The zero-order chi connectivity index (χ0) is 18.4. The molecular formula is C21H17ClN2O3. The smallest absolute Gasteiger partial charge is 0.214 e. The second-order valence-corrected chi connectivity index (χ2v) is 6.99. The van der Waals surface area contributed by atoms with Gasteiger partial charge in [0.2, 0.25) is 6.23 Å². The van der Waals surface area contributed by atoms with Crippen molar-refractivity contribution in [3.63, 3.8) is 0 Å². The van der Waals surface area contributed by atoms with Gasteiger partial charge in [-0.2, -0.15) is 5.10 Å². The maximum Gasteiger partial charge on any atom is 0.214 e. The molecule has 0 radical (unpaired) electrons. The largest absolute Gasteiger partial charge is 0.497 e. The van der Waals surface area contributed by atoms with E-state index in [4.69, 9.17) is 30.6 Å². The zero-order valence-electron chi connectivity index (χ0n) is 14.6. The molecule has 2 atom stereocenters. The third-order valence-electron chi connectivity index (χ3n) is 4.94. The molecule has 2 aromatic carbocycles. The number of furan rings is 1. The second-order valence-electron chi connectivity index (χ2n) is 6.55. The normalized spacial score (nSPS) is 20.5. The SMILES string of the molecule is COc1cccc([C@@H]2Oc3ccc(Cl)cc3[C@H]3CC(c4ccco4)=NN32)c1. The van der Waals surface area contributed by atoms with Crippen LogP contribution in [-0.4, -0.2) is 17.8 Å². The van der Waals surface area contributed by atoms with E-state index in [-0.39, 0.29) is 12.3 Å². The fourth-order valence-corrected chi connectivity index (χ4v) is 3.85. The lowest BCUT2D eigenvalue weighted by molar-refractivity contribution is -0.0191. The van der Waals surface area contributed by atoms with Crippen LogP contribution in [0.4, 0.5) is 0 Å². The Hall–Kier alpha value is -2.92. The first-order valence-corrected chi connectivity index (χ1v) is 9.10. The molecule has 0 saturated heterocycles. The van der Waals surface area contributed by atoms with Crippen LogP contribution in [0.1, 0.15) is 35.6 Å². The summed E-state index contributed by atoms with van der Waals surface area (Å²) in [5.41, 5.74) is 2.91. The van der Waals surface area contributed by atoms with Crippen LogP contribution >= 0.6 is 11.6 Å². The van der Waals surface area contributed by atoms with Crippen molar-refractivity contribution < 1.29 is 13.9 Å². The van der Waals surface area contributed by atoms with E-state index in [9.17, 15) is 0 Å². The topological polar surface area (TPSA) is 47.2 Å². The van der Waals surface area contributed by atoms with E-state index in [1.807, 2.05) is 59.6 Å². The van der Waals surface area contributed by atoms with E-state index >= 15 is 0 Å². The Labute approximate surface area is 161 Å². The average molecular weight is 381 g/mol. The van der Waals surface area contributed by atoms with Gasteiger partial charge in [-0.25, -0.2) is 5.01 Å². The highest BCUT2D eigenvalue weighted by Crippen LogP contribution is 2.48. The molecule has 0 unspecified atom stereocenters.